The highest BCUT2D eigenvalue weighted by Crippen LogP contribution is 2.41. The summed E-state index contributed by atoms with van der Waals surface area (Å²) in [5.41, 5.74) is 6.92. The molecule has 6 nitrogen and oxygen atoms in total. The Kier molecular flexibility index (Phi) is 5.36. The van der Waals surface area contributed by atoms with Gasteiger partial charge in [-0.3, -0.25) is 0 Å². The van der Waals surface area contributed by atoms with Gasteiger partial charge in [-0.05, 0) is 38.8 Å². The molecule has 0 aromatic heterocycles. The van der Waals surface area contributed by atoms with Crippen molar-refractivity contribution < 1.29 is 18.7 Å². The molecule has 1 unspecified atom stereocenters. The highest BCUT2D eigenvalue weighted by Gasteiger charge is 2.37. The molecule has 142 valence electrons. The summed E-state index contributed by atoms with van der Waals surface area (Å²) in [6, 6.07) is 6.82. The number of allylic oxidation sites excluding steroid dienone is 2. The number of halogens is 1. The number of esters is 1. The van der Waals surface area contributed by atoms with Crippen LogP contribution in [0.4, 0.5) is 10.1 Å². The van der Waals surface area contributed by atoms with Crippen LogP contribution < -0.4 is 10.6 Å². The number of nitriles is 1. The second-order valence-electron chi connectivity index (χ2n) is 6.52. The first-order chi connectivity index (χ1) is 13.0. The number of carbonyl (C=O) groups is 1. The first kappa shape index (κ1) is 18.8. The number of hydrogen-bond donors (Lipinski definition) is 1. The molecule has 27 heavy (non-hydrogen) atoms. The van der Waals surface area contributed by atoms with Crippen LogP contribution in [0.2, 0.25) is 0 Å². The van der Waals surface area contributed by atoms with Gasteiger partial charge in [-0.15, -0.1) is 0 Å². The summed E-state index contributed by atoms with van der Waals surface area (Å²) in [5.74, 6) is -2.03. The van der Waals surface area contributed by atoms with Gasteiger partial charge in [0.2, 0.25) is 5.88 Å². The second-order valence-corrected chi connectivity index (χ2v) is 6.52. The van der Waals surface area contributed by atoms with Crippen LogP contribution >= 0.6 is 0 Å². The summed E-state index contributed by atoms with van der Waals surface area (Å²) in [6.45, 7) is 5.16. The minimum absolute atomic E-state index is 0.00326. The normalized spacial score (nSPS) is 19.8. The van der Waals surface area contributed by atoms with E-state index in [0.717, 1.165) is 31.6 Å². The third kappa shape index (κ3) is 3.47. The van der Waals surface area contributed by atoms with Gasteiger partial charge in [-0.1, -0.05) is 6.07 Å². The van der Waals surface area contributed by atoms with Crippen molar-refractivity contribution in [3.63, 3.8) is 0 Å². The molecule has 1 fully saturated rings. The van der Waals surface area contributed by atoms with Crippen molar-refractivity contribution in [3.8, 4) is 6.07 Å². The van der Waals surface area contributed by atoms with Gasteiger partial charge >= 0.3 is 5.97 Å². The highest BCUT2D eigenvalue weighted by atomic mass is 19.1. The Labute approximate surface area is 157 Å². The average Bonchev–Trinajstić information content (AvgIpc) is 3.16. The van der Waals surface area contributed by atoms with Crippen molar-refractivity contribution in [2.75, 3.05) is 24.6 Å². The number of benzene rings is 1. The van der Waals surface area contributed by atoms with Gasteiger partial charge in [-0.2, -0.15) is 5.26 Å². The largest absolute Gasteiger partial charge is 0.463 e. The van der Waals surface area contributed by atoms with Crippen LogP contribution in [0.25, 0.3) is 0 Å². The second kappa shape index (κ2) is 7.70. The van der Waals surface area contributed by atoms with E-state index in [1.54, 1.807) is 19.9 Å². The maximum atomic E-state index is 15.1. The molecule has 2 aliphatic rings. The number of anilines is 1. The summed E-state index contributed by atoms with van der Waals surface area (Å²) in [7, 11) is 0. The molecular formula is C20H22FN3O3. The van der Waals surface area contributed by atoms with Crippen molar-refractivity contribution in [2.24, 2.45) is 5.73 Å². The molecule has 0 aliphatic carbocycles. The lowest BCUT2D eigenvalue weighted by Gasteiger charge is -2.27. The lowest BCUT2D eigenvalue weighted by Crippen LogP contribution is -2.26. The van der Waals surface area contributed by atoms with Gasteiger partial charge < -0.3 is 20.1 Å². The molecule has 0 spiro atoms. The lowest BCUT2D eigenvalue weighted by molar-refractivity contribution is -0.139. The first-order valence-electron chi connectivity index (χ1n) is 8.97. The fraction of sp³-hybridized carbons (Fsp3) is 0.400. The summed E-state index contributed by atoms with van der Waals surface area (Å²) < 4.78 is 25.5. The lowest BCUT2D eigenvalue weighted by atomic mass is 9.82. The fourth-order valence-corrected chi connectivity index (χ4v) is 3.59. The predicted octanol–water partition coefficient (Wildman–Crippen LogP) is 3.07. The molecule has 1 atom stereocenters. The van der Waals surface area contributed by atoms with Crippen LogP contribution in [0.5, 0.6) is 0 Å². The van der Waals surface area contributed by atoms with Gasteiger partial charge in [0.05, 0.1) is 18.1 Å². The molecule has 1 aromatic rings. The Morgan fingerprint density at radius 3 is 2.74 bits per heavy atom. The number of rotatable bonds is 4. The van der Waals surface area contributed by atoms with E-state index in [-0.39, 0.29) is 35.0 Å². The third-order valence-electron chi connectivity index (χ3n) is 4.87. The number of nitrogens with zero attached hydrogens (tertiary/aromatic N) is 2. The van der Waals surface area contributed by atoms with Gasteiger partial charge in [-0.25, -0.2) is 9.18 Å². The maximum absolute atomic E-state index is 15.1. The van der Waals surface area contributed by atoms with E-state index >= 15 is 4.39 Å². The summed E-state index contributed by atoms with van der Waals surface area (Å²) in [6.07, 6.45) is 2.16. The third-order valence-corrected chi connectivity index (χ3v) is 4.87. The number of ether oxygens (including phenoxy) is 2. The molecule has 0 bridgehead atoms. The zero-order valence-electron chi connectivity index (χ0n) is 15.4. The minimum atomic E-state index is -0.963. The molecule has 2 N–H and O–H groups in total. The van der Waals surface area contributed by atoms with Gasteiger partial charge in [0.15, 0.2) is 0 Å². The SMILES string of the molecule is CCOC(=O)C1=C(C)OC(N)=C(C#N)C1c1ccc(N2CCCC2)cc1F. The molecule has 2 heterocycles. The van der Waals surface area contributed by atoms with Crippen LogP contribution in [-0.4, -0.2) is 25.7 Å². The summed E-state index contributed by atoms with van der Waals surface area (Å²) >= 11 is 0. The summed E-state index contributed by atoms with van der Waals surface area (Å²) in [5, 5.41) is 9.55. The standard InChI is InChI=1S/C20H22FN3O3/c1-3-26-20(25)17-12(2)27-19(23)15(11-22)18(17)14-7-6-13(10-16(14)21)24-8-4-5-9-24/h6-7,10,18H,3-5,8-9,23H2,1-2H3. The Morgan fingerprint density at radius 1 is 1.44 bits per heavy atom. The number of hydrogen-bond acceptors (Lipinski definition) is 6. The van der Waals surface area contributed by atoms with Crippen LogP contribution in [0, 0.1) is 17.1 Å². The van der Waals surface area contributed by atoms with E-state index in [0.29, 0.717) is 0 Å². The van der Waals surface area contributed by atoms with E-state index in [4.69, 9.17) is 15.2 Å². The Hall–Kier alpha value is -3.01. The Bertz CT molecular complexity index is 864. The van der Waals surface area contributed by atoms with Crippen LogP contribution in [0.15, 0.2) is 41.0 Å². The monoisotopic (exact) mass is 371 g/mol. The maximum Gasteiger partial charge on any atom is 0.338 e. The average molecular weight is 371 g/mol. The fourth-order valence-electron chi connectivity index (χ4n) is 3.59. The van der Waals surface area contributed by atoms with Crippen molar-refractivity contribution in [3.05, 3.63) is 52.4 Å². The minimum Gasteiger partial charge on any atom is -0.463 e. The van der Waals surface area contributed by atoms with Crippen molar-refractivity contribution in [1.29, 1.82) is 5.26 Å². The molecule has 2 aliphatic heterocycles. The number of nitrogens with two attached hydrogens (primary N) is 1. The molecule has 7 heteroatoms. The van der Waals surface area contributed by atoms with E-state index in [9.17, 15) is 10.1 Å². The molecule has 3 rings (SSSR count). The highest BCUT2D eigenvalue weighted by molar-refractivity contribution is 5.92. The predicted molar refractivity (Wildman–Crippen MR) is 97.8 cm³/mol. The molecule has 0 saturated carbocycles. The quantitative estimate of drug-likeness (QED) is 0.819. The topological polar surface area (TPSA) is 88.6 Å². The first-order valence-corrected chi connectivity index (χ1v) is 8.97. The van der Waals surface area contributed by atoms with Gasteiger partial charge in [0.1, 0.15) is 23.2 Å². The van der Waals surface area contributed by atoms with Crippen molar-refractivity contribution in [1.82, 2.24) is 0 Å². The smallest absolute Gasteiger partial charge is 0.338 e. The summed E-state index contributed by atoms with van der Waals surface area (Å²) in [4.78, 5) is 14.6. The number of carbonyl (C=O) groups excluding carboxylic acids is 1. The van der Waals surface area contributed by atoms with Crippen LogP contribution in [-0.2, 0) is 14.3 Å². The van der Waals surface area contributed by atoms with Crippen LogP contribution in [0.1, 0.15) is 38.2 Å². The molecule has 0 amide bonds. The molecule has 1 aromatic carbocycles. The Balaban J connectivity index is 2.08. The van der Waals surface area contributed by atoms with E-state index in [1.807, 2.05) is 12.1 Å². The molecule has 0 radical (unpaired) electrons. The molecular weight excluding hydrogens is 349 g/mol. The van der Waals surface area contributed by atoms with Gasteiger partial charge in [0, 0.05) is 24.3 Å². The van der Waals surface area contributed by atoms with E-state index in [2.05, 4.69) is 4.90 Å². The van der Waals surface area contributed by atoms with Crippen LogP contribution in [0.3, 0.4) is 0 Å². The zero-order chi connectivity index (χ0) is 19.6. The van der Waals surface area contributed by atoms with Crippen molar-refractivity contribution in [2.45, 2.75) is 32.6 Å². The van der Waals surface area contributed by atoms with E-state index in [1.165, 1.54) is 6.07 Å². The van der Waals surface area contributed by atoms with E-state index < -0.39 is 17.7 Å². The Morgan fingerprint density at radius 2 is 2.15 bits per heavy atom. The molecule has 1 saturated heterocycles. The van der Waals surface area contributed by atoms with Crippen molar-refractivity contribution >= 4 is 11.7 Å². The van der Waals surface area contributed by atoms with Gasteiger partial charge in [0.25, 0.3) is 0 Å². The zero-order valence-corrected chi connectivity index (χ0v) is 15.4.